The van der Waals surface area contributed by atoms with Crippen LogP contribution < -0.4 is 10.0 Å². The summed E-state index contributed by atoms with van der Waals surface area (Å²) in [5.41, 5.74) is 3.92. The summed E-state index contributed by atoms with van der Waals surface area (Å²) < 4.78 is 33.3. The number of imidazole rings is 1. The quantitative estimate of drug-likeness (QED) is 0.350. The average Bonchev–Trinajstić information content (AvgIpc) is 3.58. The minimum absolute atomic E-state index is 0.0919. The van der Waals surface area contributed by atoms with Gasteiger partial charge in [0, 0.05) is 18.7 Å². The monoisotopic (exact) mass is 490 g/mol. The molecular formula is C26H26N4O4S. The molecule has 0 saturated carbocycles. The molecule has 2 heterocycles. The fraction of sp³-hybridized carbons (Fsp3) is 0.231. The molecule has 3 aromatic carbocycles. The Morgan fingerprint density at radius 2 is 1.86 bits per heavy atom. The standard InChI is InChI=1S/C26H26N4O4S/c31-26(19-8-11-22(12-9-19)35(32,33)29-16-21-7-4-14-34-21)30-25(18-5-2-1-3-6-18)20-10-13-23-24(15-20)28-17-27-23/h1-3,5-6,8-13,15,17,21,25,29H,4,7,14,16H2,(H,27,28)(H,30,31). The fourth-order valence-corrected chi connectivity index (χ4v) is 5.29. The van der Waals surface area contributed by atoms with Gasteiger partial charge in [0.25, 0.3) is 5.91 Å². The molecule has 0 spiro atoms. The number of nitrogens with zero attached hydrogens (tertiary/aromatic N) is 1. The van der Waals surface area contributed by atoms with E-state index in [-0.39, 0.29) is 23.5 Å². The van der Waals surface area contributed by atoms with Crippen molar-refractivity contribution in [2.75, 3.05) is 13.2 Å². The predicted octanol–water partition coefficient (Wildman–Crippen LogP) is 3.54. The van der Waals surface area contributed by atoms with Crippen LogP contribution in [0.5, 0.6) is 0 Å². The highest BCUT2D eigenvalue weighted by atomic mass is 32.2. The second-order valence-electron chi connectivity index (χ2n) is 8.51. The van der Waals surface area contributed by atoms with Crippen LogP contribution in [0, 0.1) is 0 Å². The van der Waals surface area contributed by atoms with E-state index in [1.54, 1.807) is 6.33 Å². The third-order valence-electron chi connectivity index (χ3n) is 6.14. The van der Waals surface area contributed by atoms with Gasteiger partial charge in [-0.25, -0.2) is 18.1 Å². The number of aromatic amines is 1. The van der Waals surface area contributed by atoms with Crippen LogP contribution in [0.1, 0.15) is 40.4 Å². The van der Waals surface area contributed by atoms with E-state index >= 15 is 0 Å². The molecule has 3 N–H and O–H groups in total. The first-order valence-electron chi connectivity index (χ1n) is 11.5. The molecule has 1 amide bonds. The number of amides is 1. The van der Waals surface area contributed by atoms with Crippen LogP contribution in [0.25, 0.3) is 11.0 Å². The molecular weight excluding hydrogens is 464 g/mol. The lowest BCUT2D eigenvalue weighted by Gasteiger charge is -2.20. The summed E-state index contributed by atoms with van der Waals surface area (Å²) in [5, 5.41) is 3.09. The maximum atomic E-state index is 13.2. The minimum atomic E-state index is -3.69. The van der Waals surface area contributed by atoms with Crippen LogP contribution in [0.3, 0.4) is 0 Å². The van der Waals surface area contributed by atoms with Gasteiger partial charge in [0.05, 0.1) is 34.4 Å². The maximum Gasteiger partial charge on any atom is 0.252 e. The average molecular weight is 491 g/mol. The number of carbonyl (C=O) groups is 1. The molecule has 1 aromatic heterocycles. The molecule has 35 heavy (non-hydrogen) atoms. The second kappa shape index (κ2) is 9.99. The van der Waals surface area contributed by atoms with Crippen LogP contribution in [0.2, 0.25) is 0 Å². The number of ether oxygens (including phenoxy) is 1. The number of hydrogen-bond donors (Lipinski definition) is 3. The van der Waals surface area contributed by atoms with Crippen molar-refractivity contribution in [2.24, 2.45) is 0 Å². The van der Waals surface area contributed by atoms with E-state index in [0.29, 0.717) is 12.2 Å². The van der Waals surface area contributed by atoms with E-state index in [1.165, 1.54) is 24.3 Å². The lowest BCUT2D eigenvalue weighted by molar-refractivity contribution is 0.0943. The number of aromatic nitrogens is 2. The van der Waals surface area contributed by atoms with E-state index in [4.69, 9.17) is 4.74 Å². The van der Waals surface area contributed by atoms with E-state index < -0.39 is 16.1 Å². The summed E-state index contributed by atoms with van der Waals surface area (Å²) >= 11 is 0. The number of H-pyrrole nitrogens is 1. The highest BCUT2D eigenvalue weighted by molar-refractivity contribution is 7.89. The van der Waals surface area contributed by atoms with Crippen LogP contribution in [-0.2, 0) is 14.8 Å². The molecule has 1 saturated heterocycles. The number of carbonyl (C=O) groups excluding carboxylic acids is 1. The smallest absolute Gasteiger partial charge is 0.252 e. The van der Waals surface area contributed by atoms with Crippen LogP contribution in [-0.4, -0.2) is 43.5 Å². The van der Waals surface area contributed by atoms with Gasteiger partial charge in [-0.1, -0.05) is 36.4 Å². The van der Waals surface area contributed by atoms with Crippen molar-refractivity contribution in [1.82, 2.24) is 20.0 Å². The Labute approximate surface area is 203 Å². The Morgan fingerprint density at radius 3 is 2.60 bits per heavy atom. The van der Waals surface area contributed by atoms with Crippen molar-refractivity contribution < 1.29 is 17.9 Å². The molecule has 9 heteroatoms. The summed E-state index contributed by atoms with van der Waals surface area (Å²) in [6.07, 6.45) is 3.33. The van der Waals surface area contributed by atoms with Crippen molar-refractivity contribution in [2.45, 2.75) is 29.9 Å². The summed E-state index contributed by atoms with van der Waals surface area (Å²) in [5.74, 6) is -0.306. The van der Waals surface area contributed by atoms with Crippen LogP contribution in [0.15, 0.2) is 84.0 Å². The molecule has 0 radical (unpaired) electrons. The van der Waals surface area contributed by atoms with E-state index in [2.05, 4.69) is 20.0 Å². The van der Waals surface area contributed by atoms with Crippen molar-refractivity contribution in [1.29, 1.82) is 0 Å². The fourth-order valence-electron chi connectivity index (χ4n) is 4.23. The normalized spacial score (nSPS) is 16.9. The highest BCUT2D eigenvalue weighted by Crippen LogP contribution is 2.25. The summed E-state index contributed by atoms with van der Waals surface area (Å²) in [6, 6.07) is 21.0. The Balaban J connectivity index is 1.34. The van der Waals surface area contributed by atoms with Gasteiger partial charge in [0.2, 0.25) is 10.0 Å². The van der Waals surface area contributed by atoms with Gasteiger partial charge in [-0.05, 0) is 60.4 Å². The third-order valence-corrected chi connectivity index (χ3v) is 7.58. The van der Waals surface area contributed by atoms with Crippen molar-refractivity contribution in [3.63, 3.8) is 0 Å². The predicted molar refractivity (Wildman–Crippen MR) is 132 cm³/mol. The highest BCUT2D eigenvalue weighted by Gasteiger charge is 2.22. The maximum absolute atomic E-state index is 13.2. The van der Waals surface area contributed by atoms with Gasteiger partial charge in [-0.15, -0.1) is 0 Å². The van der Waals surface area contributed by atoms with Gasteiger partial charge >= 0.3 is 0 Å². The second-order valence-corrected chi connectivity index (χ2v) is 10.3. The molecule has 2 atom stereocenters. The van der Waals surface area contributed by atoms with E-state index in [0.717, 1.165) is 35.0 Å². The first kappa shape index (κ1) is 23.2. The van der Waals surface area contributed by atoms with Crippen molar-refractivity contribution in [3.05, 3.63) is 95.8 Å². The van der Waals surface area contributed by atoms with E-state index in [9.17, 15) is 13.2 Å². The Morgan fingerprint density at radius 1 is 1.06 bits per heavy atom. The first-order chi connectivity index (χ1) is 17.0. The first-order valence-corrected chi connectivity index (χ1v) is 13.0. The zero-order valence-electron chi connectivity index (χ0n) is 19.0. The lowest BCUT2D eigenvalue weighted by Crippen LogP contribution is -2.32. The molecule has 0 bridgehead atoms. The molecule has 1 fully saturated rings. The molecule has 180 valence electrons. The van der Waals surface area contributed by atoms with Crippen molar-refractivity contribution >= 4 is 27.0 Å². The summed E-state index contributed by atoms with van der Waals surface area (Å²) in [4.78, 5) is 20.6. The lowest BCUT2D eigenvalue weighted by atomic mass is 9.97. The zero-order chi connectivity index (χ0) is 24.3. The van der Waals surface area contributed by atoms with Gasteiger partial charge in [-0.2, -0.15) is 0 Å². The topological polar surface area (TPSA) is 113 Å². The van der Waals surface area contributed by atoms with Gasteiger partial charge < -0.3 is 15.0 Å². The molecule has 0 aliphatic carbocycles. The molecule has 4 aromatic rings. The number of sulfonamides is 1. The molecule has 5 rings (SSSR count). The summed E-state index contributed by atoms with van der Waals surface area (Å²) in [6.45, 7) is 0.903. The Bertz CT molecular complexity index is 1410. The molecule has 8 nitrogen and oxygen atoms in total. The molecule has 1 aliphatic heterocycles. The van der Waals surface area contributed by atoms with Crippen LogP contribution in [0.4, 0.5) is 0 Å². The van der Waals surface area contributed by atoms with Crippen molar-refractivity contribution in [3.8, 4) is 0 Å². The van der Waals surface area contributed by atoms with Crippen LogP contribution >= 0.6 is 0 Å². The Kier molecular flexibility index (Phi) is 6.63. The number of benzene rings is 3. The van der Waals surface area contributed by atoms with Gasteiger partial charge in [-0.3, -0.25) is 4.79 Å². The number of rotatable bonds is 8. The number of fused-ring (bicyclic) bond motifs is 1. The number of hydrogen-bond acceptors (Lipinski definition) is 5. The molecule has 2 unspecified atom stereocenters. The minimum Gasteiger partial charge on any atom is -0.377 e. The SMILES string of the molecule is O=C(NC(c1ccccc1)c1ccc2nc[nH]c2c1)c1ccc(S(=O)(=O)NCC2CCCO2)cc1. The molecule has 1 aliphatic rings. The van der Waals surface area contributed by atoms with E-state index in [1.807, 2.05) is 48.5 Å². The third kappa shape index (κ3) is 5.27. The zero-order valence-corrected chi connectivity index (χ0v) is 19.8. The van der Waals surface area contributed by atoms with Gasteiger partial charge in [0.15, 0.2) is 0 Å². The number of nitrogens with one attached hydrogen (secondary N) is 3. The van der Waals surface area contributed by atoms with Gasteiger partial charge in [0.1, 0.15) is 0 Å². The Hall–Kier alpha value is -3.53. The summed E-state index contributed by atoms with van der Waals surface area (Å²) in [7, 11) is -3.69. The largest absolute Gasteiger partial charge is 0.377 e.